The number of hydrogen-bond acceptors (Lipinski definition) is 8. The Morgan fingerprint density at radius 2 is 1.62 bits per heavy atom. The molecule has 0 unspecified atom stereocenters. The molecule has 0 fully saturated rings. The van der Waals surface area contributed by atoms with Gasteiger partial charge in [0.05, 0.1) is 31.9 Å². The number of hydrogen-bond donors (Lipinski definition) is 2. The number of sulfonamides is 1. The van der Waals surface area contributed by atoms with Crippen molar-refractivity contribution in [3.8, 4) is 5.69 Å². The predicted octanol–water partition coefficient (Wildman–Crippen LogP) is 1.25. The largest absolute Gasteiger partial charge is 1.00 e. The Labute approximate surface area is 239 Å². The minimum absolute atomic E-state index is 0. The second-order valence-electron chi connectivity index (χ2n) is 7.46. The van der Waals surface area contributed by atoms with Gasteiger partial charge < -0.3 is 4.55 Å². The van der Waals surface area contributed by atoms with Gasteiger partial charge in [-0.1, -0.05) is 35.9 Å². The molecule has 1 aromatic heterocycles. The van der Waals surface area contributed by atoms with Crippen LogP contribution in [0.3, 0.4) is 0 Å². The van der Waals surface area contributed by atoms with Crippen LogP contribution in [0.2, 0.25) is 5.02 Å². The molecule has 0 aliphatic rings. The van der Waals surface area contributed by atoms with Crippen LogP contribution in [0.25, 0.3) is 5.69 Å². The molecule has 0 bridgehead atoms. The van der Waals surface area contributed by atoms with Crippen LogP contribution in [0, 0.1) is 6.92 Å². The van der Waals surface area contributed by atoms with E-state index in [2.05, 4.69) is 20.0 Å². The van der Waals surface area contributed by atoms with Crippen LogP contribution in [-0.4, -0.2) is 31.2 Å². The van der Waals surface area contributed by atoms with Crippen molar-refractivity contribution in [2.75, 3.05) is 4.72 Å². The molecule has 0 aliphatic heterocycles. The number of anilines is 1. The SMILES string of the molecule is Cc1[nH]n(-c2ccc(S(=O)(=O)[O-])cc2Cl)c(=O)c1N=Nc1cccc(S(=O)(=O)Nc2ccccc2)c1.[Na+]. The van der Waals surface area contributed by atoms with Crippen molar-refractivity contribution in [3.05, 3.63) is 93.9 Å². The molecule has 0 aliphatic carbocycles. The smallest absolute Gasteiger partial charge is 0.744 e. The monoisotopic (exact) mass is 569 g/mol. The second-order valence-corrected chi connectivity index (χ2v) is 10.9. The summed E-state index contributed by atoms with van der Waals surface area (Å²) in [6.45, 7) is 1.56. The Morgan fingerprint density at radius 1 is 0.919 bits per heavy atom. The third kappa shape index (κ3) is 6.57. The number of nitrogens with one attached hydrogen (secondary N) is 2. The molecule has 1 heterocycles. The number of aryl methyl sites for hydroxylation is 1. The molecule has 15 heteroatoms. The number of H-pyrrole nitrogens is 1. The van der Waals surface area contributed by atoms with E-state index in [0.717, 1.165) is 16.8 Å². The van der Waals surface area contributed by atoms with E-state index in [1.165, 1.54) is 30.3 Å². The van der Waals surface area contributed by atoms with Crippen molar-refractivity contribution < 1.29 is 50.9 Å². The maximum absolute atomic E-state index is 12.9. The van der Waals surface area contributed by atoms with Gasteiger partial charge in [-0.15, -0.1) is 5.11 Å². The van der Waals surface area contributed by atoms with Crippen LogP contribution < -0.4 is 39.8 Å². The van der Waals surface area contributed by atoms with Crippen molar-refractivity contribution >= 4 is 48.8 Å². The van der Waals surface area contributed by atoms with Crippen molar-refractivity contribution in [3.63, 3.8) is 0 Å². The van der Waals surface area contributed by atoms with Gasteiger partial charge in [-0.25, -0.2) is 21.5 Å². The summed E-state index contributed by atoms with van der Waals surface area (Å²) in [6, 6.07) is 17.3. The normalized spacial score (nSPS) is 11.9. The summed E-state index contributed by atoms with van der Waals surface area (Å²) in [4.78, 5) is 12.3. The van der Waals surface area contributed by atoms with Gasteiger partial charge in [0, 0.05) is 5.69 Å². The Bertz CT molecular complexity index is 1750. The zero-order chi connectivity index (χ0) is 26.1. The van der Waals surface area contributed by atoms with Gasteiger partial charge in [-0.05, 0) is 55.5 Å². The minimum Gasteiger partial charge on any atom is -0.744 e. The molecule has 0 saturated heterocycles. The summed E-state index contributed by atoms with van der Waals surface area (Å²) in [5, 5.41) is 10.6. The van der Waals surface area contributed by atoms with Crippen LogP contribution in [0.4, 0.5) is 17.1 Å². The van der Waals surface area contributed by atoms with Gasteiger partial charge in [0.1, 0.15) is 10.1 Å². The van der Waals surface area contributed by atoms with E-state index in [1.54, 1.807) is 37.3 Å². The first-order valence-corrected chi connectivity index (χ1v) is 13.4. The molecular formula is C22H17ClN5NaO6S2. The standard InChI is InChI=1S/C22H18ClN5O6S2.Na/c1-14-21(22(29)28(26-14)20-11-10-18(13-19(20)23)36(32,33)34)25-24-16-8-5-9-17(12-16)35(30,31)27-15-6-3-2-4-7-15;/h2-13,26-27H,1H3,(H,32,33,34);/q;+1/p-1. The maximum Gasteiger partial charge on any atom is 1.00 e. The van der Waals surface area contributed by atoms with E-state index in [0.29, 0.717) is 11.4 Å². The summed E-state index contributed by atoms with van der Waals surface area (Å²) in [5.74, 6) is 0. The number of rotatable bonds is 7. The van der Waals surface area contributed by atoms with Gasteiger partial charge in [-0.3, -0.25) is 14.6 Å². The van der Waals surface area contributed by atoms with Crippen LogP contribution in [0.15, 0.2) is 97.6 Å². The van der Waals surface area contributed by atoms with E-state index < -0.39 is 30.6 Å². The van der Waals surface area contributed by atoms with Crippen molar-refractivity contribution in [2.24, 2.45) is 10.2 Å². The molecule has 0 radical (unpaired) electrons. The van der Waals surface area contributed by atoms with Gasteiger partial charge in [0.2, 0.25) is 0 Å². The molecule has 186 valence electrons. The summed E-state index contributed by atoms with van der Waals surface area (Å²) >= 11 is 6.09. The number of para-hydroxylation sites is 1. The summed E-state index contributed by atoms with van der Waals surface area (Å²) in [6.07, 6.45) is 0. The number of nitrogens with zero attached hydrogens (tertiary/aromatic N) is 3. The zero-order valence-electron chi connectivity index (χ0n) is 19.4. The van der Waals surface area contributed by atoms with E-state index in [-0.39, 0.29) is 56.5 Å². The zero-order valence-corrected chi connectivity index (χ0v) is 23.8. The maximum atomic E-state index is 12.9. The molecule has 11 nitrogen and oxygen atoms in total. The molecule has 0 spiro atoms. The van der Waals surface area contributed by atoms with Crippen LogP contribution >= 0.6 is 11.6 Å². The Hall–Kier alpha value is -2.78. The molecule has 4 aromatic rings. The molecule has 0 saturated carbocycles. The fraction of sp³-hybridized carbons (Fsp3) is 0.0455. The Morgan fingerprint density at radius 3 is 2.27 bits per heavy atom. The van der Waals surface area contributed by atoms with Crippen molar-refractivity contribution in [1.29, 1.82) is 0 Å². The van der Waals surface area contributed by atoms with Crippen LogP contribution in [0.1, 0.15) is 5.69 Å². The van der Waals surface area contributed by atoms with E-state index in [1.807, 2.05) is 0 Å². The first-order valence-electron chi connectivity index (χ1n) is 10.1. The quantitative estimate of drug-likeness (QED) is 0.193. The number of azo groups is 1. The molecule has 2 N–H and O–H groups in total. The summed E-state index contributed by atoms with van der Waals surface area (Å²) in [7, 11) is -8.61. The van der Waals surface area contributed by atoms with Gasteiger partial charge in [0.15, 0.2) is 5.69 Å². The molecular weight excluding hydrogens is 553 g/mol. The number of aromatic nitrogens is 2. The number of halogens is 1. The minimum atomic E-state index is -4.72. The number of aromatic amines is 1. The first kappa shape index (κ1) is 28.8. The van der Waals surface area contributed by atoms with E-state index in [9.17, 15) is 26.2 Å². The van der Waals surface area contributed by atoms with Crippen LogP contribution in [-0.2, 0) is 20.1 Å². The topological polar surface area (TPSA) is 166 Å². The fourth-order valence-corrected chi connectivity index (χ4v) is 5.11. The molecule has 0 atom stereocenters. The summed E-state index contributed by atoms with van der Waals surface area (Å²) in [5.41, 5.74) is 0.259. The van der Waals surface area contributed by atoms with E-state index >= 15 is 0 Å². The van der Waals surface area contributed by atoms with E-state index in [4.69, 9.17) is 11.6 Å². The first-order chi connectivity index (χ1) is 17.0. The molecule has 0 amide bonds. The fourth-order valence-electron chi connectivity index (χ4n) is 3.19. The second kappa shape index (κ2) is 11.3. The van der Waals surface area contributed by atoms with Crippen molar-refractivity contribution in [2.45, 2.75) is 16.7 Å². The third-order valence-corrected chi connectivity index (χ3v) is 7.42. The predicted molar refractivity (Wildman–Crippen MR) is 132 cm³/mol. The van der Waals surface area contributed by atoms with Crippen LogP contribution in [0.5, 0.6) is 0 Å². The Balaban J connectivity index is 0.00000380. The van der Waals surface area contributed by atoms with Gasteiger partial charge in [0.25, 0.3) is 15.6 Å². The average Bonchev–Trinajstić information content (AvgIpc) is 3.10. The molecule has 37 heavy (non-hydrogen) atoms. The average molecular weight is 570 g/mol. The van der Waals surface area contributed by atoms with Gasteiger partial charge in [-0.2, -0.15) is 5.11 Å². The van der Waals surface area contributed by atoms with Crippen molar-refractivity contribution in [1.82, 2.24) is 9.78 Å². The van der Waals surface area contributed by atoms with Gasteiger partial charge >= 0.3 is 29.6 Å². The number of benzene rings is 3. The third-order valence-electron chi connectivity index (χ3n) is 4.91. The summed E-state index contributed by atoms with van der Waals surface area (Å²) < 4.78 is 62.5. The molecule has 4 rings (SSSR count). The molecule has 3 aromatic carbocycles. The Kier molecular flexibility index (Phi) is 8.80.